The molecule has 0 heterocycles. The maximum atomic E-state index is 12.8. The quantitative estimate of drug-likeness (QED) is 0.567. The van der Waals surface area contributed by atoms with Gasteiger partial charge in [-0.1, -0.05) is 25.6 Å². The Labute approximate surface area is 142 Å². The summed E-state index contributed by atoms with van der Waals surface area (Å²) >= 11 is 0. The molecule has 0 fully saturated rings. The second-order valence-corrected chi connectivity index (χ2v) is 7.31. The molecule has 0 spiro atoms. The zero-order valence-corrected chi connectivity index (χ0v) is 14.6. The Morgan fingerprint density at radius 3 is 2.38 bits per heavy atom. The smallest absolute Gasteiger partial charge is 0.206 e. The zero-order valence-electron chi connectivity index (χ0n) is 13.8. The van der Waals surface area contributed by atoms with E-state index in [9.17, 15) is 13.2 Å². The molecule has 0 unspecified atom stereocenters. The molecule has 0 amide bonds. The van der Waals surface area contributed by atoms with Crippen LogP contribution in [-0.2, 0) is 16.3 Å². The lowest BCUT2D eigenvalue weighted by Crippen LogP contribution is -2.05. The van der Waals surface area contributed by atoms with Crippen LogP contribution in [0.25, 0.3) is 0 Å². The number of hydrogen-bond donors (Lipinski definition) is 0. The third kappa shape index (κ3) is 3.57. The van der Waals surface area contributed by atoms with Crippen molar-refractivity contribution in [2.45, 2.75) is 30.1 Å². The van der Waals surface area contributed by atoms with Crippen molar-refractivity contribution in [3.63, 3.8) is 0 Å². The number of aldehydes is 1. The molecule has 0 atom stereocenters. The Bertz CT molecular complexity index is 867. The Morgan fingerprint density at radius 1 is 1.12 bits per heavy atom. The number of hydrogen-bond acceptors (Lipinski definition) is 4. The summed E-state index contributed by atoms with van der Waals surface area (Å²) < 4.78 is 31.2. The van der Waals surface area contributed by atoms with Gasteiger partial charge in [-0.25, -0.2) is 8.42 Å². The van der Waals surface area contributed by atoms with Crippen LogP contribution in [0.3, 0.4) is 0 Å². The molecule has 2 aromatic carbocycles. The summed E-state index contributed by atoms with van der Waals surface area (Å²) in [5.74, 6) is 0.656. The summed E-state index contributed by atoms with van der Waals surface area (Å²) in [7, 11) is -3.65. The minimum Gasteiger partial charge on any atom is -0.489 e. The van der Waals surface area contributed by atoms with Crippen molar-refractivity contribution < 1.29 is 17.9 Å². The molecule has 126 valence electrons. The molecular formula is C19H20O4S. The molecule has 0 aliphatic carbocycles. The second kappa shape index (κ2) is 7.45. The van der Waals surface area contributed by atoms with Gasteiger partial charge < -0.3 is 4.74 Å². The van der Waals surface area contributed by atoms with Gasteiger partial charge in [0.25, 0.3) is 0 Å². The standard InChI is InChI=1S/C19H20O4S/c1-4-10-23-19-9-8-18(12-15(19)5-2)24(21,22)17-7-6-16(13-20)14(3)11-17/h4,6-9,11-13H,1,5,10H2,2-3H3. The minimum absolute atomic E-state index is 0.174. The van der Waals surface area contributed by atoms with Crippen molar-refractivity contribution in [1.82, 2.24) is 0 Å². The first kappa shape index (κ1) is 17.9. The van der Waals surface area contributed by atoms with Crippen LogP contribution in [0.1, 0.15) is 28.4 Å². The number of sulfone groups is 1. The topological polar surface area (TPSA) is 60.4 Å². The maximum absolute atomic E-state index is 12.8. The number of ether oxygens (including phenoxy) is 1. The summed E-state index contributed by atoms with van der Waals surface area (Å²) in [6.07, 6.45) is 3.01. The normalized spacial score (nSPS) is 11.1. The van der Waals surface area contributed by atoms with Gasteiger partial charge in [0.05, 0.1) is 9.79 Å². The largest absolute Gasteiger partial charge is 0.489 e. The second-order valence-electron chi connectivity index (χ2n) is 5.36. The Balaban J connectivity index is 2.47. The molecule has 0 aliphatic rings. The molecular weight excluding hydrogens is 324 g/mol. The van der Waals surface area contributed by atoms with E-state index in [-0.39, 0.29) is 9.79 Å². The van der Waals surface area contributed by atoms with Crippen LogP contribution in [0.2, 0.25) is 0 Å². The van der Waals surface area contributed by atoms with E-state index in [1.165, 1.54) is 24.3 Å². The molecule has 0 aromatic heterocycles. The van der Waals surface area contributed by atoms with E-state index in [0.29, 0.717) is 36.2 Å². The van der Waals surface area contributed by atoms with Crippen molar-refractivity contribution >= 4 is 16.1 Å². The van der Waals surface area contributed by atoms with E-state index in [0.717, 1.165) is 5.56 Å². The van der Waals surface area contributed by atoms with Gasteiger partial charge in [0.2, 0.25) is 9.84 Å². The van der Waals surface area contributed by atoms with Gasteiger partial charge in [0, 0.05) is 5.56 Å². The summed E-state index contributed by atoms with van der Waals surface area (Å²) in [5.41, 5.74) is 1.93. The third-order valence-corrected chi connectivity index (χ3v) is 5.51. The van der Waals surface area contributed by atoms with E-state index in [1.807, 2.05) is 6.92 Å². The van der Waals surface area contributed by atoms with E-state index < -0.39 is 9.84 Å². The molecule has 0 aliphatic heterocycles. The van der Waals surface area contributed by atoms with Crippen LogP contribution in [0.5, 0.6) is 5.75 Å². The monoisotopic (exact) mass is 344 g/mol. The summed E-state index contributed by atoms with van der Waals surface area (Å²) in [6, 6.07) is 9.35. The first-order valence-corrected chi connectivity index (χ1v) is 9.10. The third-order valence-electron chi connectivity index (χ3n) is 3.76. The molecule has 2 rings (SSSR count). The van der Waals surface area contributed by atoms with Gasteiger partial charge in [-0.05, 0) is 54.8 Å². The minimum atomic E-state index is -3.65. The van der Waals surface area contributed by atoms with Gasteiger partial charge >= 0.3 is 0 Å². The molecule has 0 saturated carbocycles. The Kier molecular flexibility index (Phi) is 5.57. The first-order chi connectivity index (χ1) is 11.4. The molecule has 0 radical (unpaired) electrons. The van der Waals surface area contributed by atoms with Crippen LogP contribution < -0.4 is 4.74 Å². The van der Waals surface area contributed by atoms with Crippen LogP contribution >= 0.6 is 0 Å². The van der Waals surface area contributed by atoms with E-state index >= 15 is 0 Å². The van der Waals surface area contributed by atoms with Gasteiger partial charge in [-0.2, -0.15) is 0 Å². The number of rotatable bonds is 7. The van der Waals surface area contributed by atoms with Crippen LogP contribution in [-0.4, -0.2) is 21.3 Å². The SMILES string of the molecule is C=CCOc1ccc(S(=O)(=O)c2ccc(C=O)c(C)c2)cc1CC. The zero-order chi connectivity index (χ0) is 17.7. The van der Waals surface area contributed by atoms with E-state index in [2.05, 4.69) is 6.58 Å². The Morgan fingerprint density at radius 2 is 1.79 bits per heavy atom. The fraction of sp³-hybridized carbons (Fsp3) is 0.211. The lowest BCUT2D eigenvalue weighted by molar-refractivity contribution is 0.112. The number of carbonyl (C=O) groups is 1. The van der Waals surface area contributed by atoms with Gasteiger partial charge in [-0.3, -0.25) is 4.79 Å². The van der Waals surface area contributed by atoms with E-state index in [1.54, 1.807) is 25.1 Å². The maximum Gasteiger partial charge on any atom is 0.206 e. The first-order valence-electron chi connectivity index (χ1n) is 7.61. The fourth-order valence-corrected chi connectivity index (χ4v) is 3.77. The lowest BCUT2D eigenvalue weighted by atomic mass is 10.1. The van der Waals surface area contributed by atoms with Crippen molar-refractivity contribution in [3.8, 4) is 5.75 Å². The molecule has 0 N–H and O–H groups in total. The van der Waals surface area contributed by atoms with Gasteiger partial charge in [0.15, 0.2) is 0 Å². The Hall–Kier alpha value is -2.40. The highest BCUT2D eigenvalue weighted by Gasteiger charge is 2.20. The summed E-state index contributed by atoms with van der Waals surface area (Å²) in [4.78, 5) is 11.3. The van der Waals surface area contributed by atoms with Crippen molar-refractivity contribution in [1.29, 1.82) is 0 Å². The molecule has 24 heavy (non-hydrogen) atoms. The highest BCUT2D eigenvalue weighted by Crippen LogP contribution is 2.28. The number of carbonyl (C=O) groups excluding carboxylic acids is 1. The van der Waals surface area contributed by atoms with Crippen LogP contribution in [0.4, 0.5) is 0 Å². The fourth-order valence-electron chi connectivity index (χ4n) is 2.37. The number of aryl methyl sites for hydroxylation is 2. The highest BCUT2D eigenvalue weighted by atomic mass is 32.2. The average molecular weight is 344 g/mol. The highest BCUT2D eigenvalue weighted by molar-refractivity contribution is 7.91. The summed E-state index contributed by atoms with van der Waals surface area (Å²) in [6.45, 7) is 7.63. The molecule has 0 bridgehead atoms. The van der Waals surface area contributed by atoms with Gasteiger partial charge in [-0.15, -0.1) is 0 Å². The van der Waals surface area contributed by atoms with Crippen LogP contribution in [0.15, 0.2) is 58.8 Å². The van der Waals surface area contributed by atoms with E-state index in [4.69, 9.17) is 4.74 Å². The number of benzene rings is 2. The predicted octanol–water partition coefficient (Wildman–Crippen LogP) is 3.77. The van der Waals surface area contributed by atoms with Crippen LogP contribution in [0, 0.1) is 6.92 Å². The summed E-state index contributed by atoms with van der Waals surface area (Å²) in [5, 5.41) is 0. The van der Waals surface area contributed by atoms with Crippen molar-refractivity contribution in [2.24, 2.45) is 0 Å². The molecule has 2 aromatic rings. The predicted molar refractivity (Wildman–Crippen MR) is 93.5 cm³/mol. The molecule has 0 saturated heterocycles. The molecule has 5 heteroatoms. The molecule has 4 nitrogen and oxygen atoms in total. The average Bonchev–Trinajstić information content (AvgIpc) is 2.59. The van der Waals surface area contributed by atoms with Crippen molar-refractivity contribution in [3.05, 3.63) is 65.7 Å². The van der Waals surface area contributed by atoms with Gasteiger partial charge in [0.1, 0.15) is 18.6 Å². The van der Waals surface area contributed by atoms with Crippen molar-refractivity contribution in [2.75, 3.05) is 6.61 Å². The lowest BCUT2D eigenvalue weighted by Gasteiger charge is -2.12.